The minimum Gasteiger partial charge on any atom is -0.858 e. The highest BCUT2D eigenvalue weighted by molar-refractivity contribution is 7.86. The number of aliphatic imine (C=N–C) groups is 1. The molecule has 3 heterocycles. The number of nitrogens with zero attached hydrogens (tertiary/aromatic N) is 4. The number of piperidine rings is 1. The molecule has 4 bridgehead atoms. The zero-order valence-electron chi connectivity index (χ0n) is 18.9. The van der Waals surface area contributed by atoms with Gasteiger partial charge in [-0.1, -0.05) is 6.42 Å². The number of aliphatic hydroxyl groups is 1. The number of hydrogen-bond donors (Lipinski definition) is 3. The number of anilines is 3. The molecule has 33 heavy (non-hydrogen) atoms. The third-order valence-corrected chi connectivity index (χ3v) is 6.99. The van der Waals surface area contributed by atoms with Gasteiger partial charge in [-0.25, -0.2) is 14.2 Å². The molecule has 0 amide bonds. The monoisotopic (exact) mass is 471 g/mol. The molecule has 0 saturated carbocycles. The smallest absolute Gasteiger partial charge is 0.224 e. The molecule has 0 spiro atoms. The Labute approximate surface area is 197 Å². The zero-order chi connectivity index (χ0) is 23.2. The SMILES string of the molecule is Cc1cc2nc(n1)NCCCCC1CCCN(C1)c1cc(NS(=O)CCO)ccc1C([O-])=N2. The van der Waals surface area contributed by atoms with Crippen molar-refractivity contribution in [2.45, 2.75) is 39.0 Å². The summed E-state index contributed by atoms with van der Waals surface area (Å²) in [4.78, 5) is 15.4. The average molecular weight is 472 g/mol. The third kappa shape index (κ3) is 6.20. The summed E-state index contributed by atoms with van der Waals surface area (Å²) in [6.45, 7) is 4.22. The highest BCUT2D eigenvalue weighted by Crippen LogP contribution is 2.31. The molecule has 1 fully saturated rings. The van der Waals surface area contributed by atoms with E-state index < -0.39 is 11.0 Å². The van der Waals surface area contributed by atoms with Gasteiger partial charge in [0.05, 0.1) is 12.4 Å². The summed E-state index contributed by atoms with van der Waals surface area (Å²) < 4.78 is 15.0. The number of aliphatic hydroxyl groups excluding tert-OH is 1. The zero-order valence-corrected chi connectivity index (χ0v) is 19.7. The van der Waals surface area contributed by atoms with Crippen molar-refractivity contribution in [2.24, 2.45) is 10.9 Å². The van der Waals surface area contributed by atoms with Crippen LogP contribution in [0.3, 0.4) is 0 Å². The largest absolute Gasteiger partial charge is 0.858 e. The highest BCUT2D eigenvalue weighted by Gasteiger charge is 2.22. The lowest BCUT2D eigenvalue weighted by molar-refractivity contribution is -0.212. The minimum atomic E-state index is -1.39. The summed E-state index contributed by atoms with van der Waals surface area (Å²) in [5.74, 6) is 1.15. The van der Waals surface area contributed by atoms with E-state index in [1.807, 2.05) is 13.0 Å². The fraction of sp³-hybridized carbons (Fsp3) is 0.522. The van der Waals surface area contributed by atoms with Crippen LogP contribution in [0.4, 0.5) is 23.1 Å². The molecule has 3 N–H and O–H groups in total. The van der Waals surface area contributed by atoms with Crippen LogP contribution in [0.15, 0.2) is 29.3 Å². The number of benzene rings is 1. The van der Waals surface area contributed by atoms with Crippen molar-refractivity contribution >= 4 is 40.0 Å². The molecule has 2 unspecified atom stereocenters. The summed E-state index contributed by atoms with van der Waals surface area (Å²) in [7, 11) is -1.39. The van der Waals surface area contributed by atoms with Crippen LogP contribution in [0.5, 0.6) is 0 Å². The Morgan fingerprint density at radius 1 is 1.24 bits per heavy atom. The minimum absolute atomic E-state index is 0.139. The predicted octanol–water partition coefficient (Wildman–Crippen LogP) is 2.10. The summed E-state index contributed by atoms with van der Waals surface area (Å²) >= 11 is 0. The van der Waals surface area contributed by atoms with Gasteiger partial charge in [0.1, 0.15) is 11.0 Å². The maximum absolute atomic E-state index is 13.3. The second-order valence-corrected chi connectivity index (χ2v) is 9.90. The van der Waals surface area contributed by atoms with Crippen molar-refractivity contribution < 1.29 is 14.4 Å². The van der Waals surface area contributed by atoms with Crippen LogP contribution in [0.2, 0.25) is 0 Å². The average Bonchev–Trinajstić information content (AvgIpc) is 2.78. The maximum Gasteiger partial charge on any atom is 0.224 e. The molecule has 2 aliphatic rings. The fourth-order valence-electron chi connectivity index (χ4n) is 4.43. The van der Waals surface area contributed by atoms with E-state index in [9.17, 15) is 9.32 Å². The molecule has 2 atom stereocenters. The van der Waals surface area contributed by atoms with Crippen LogP contribution in [0, 0.1) is 12.8 Å². The van der Waals surface area contributed by atoms with Gasteiger partial charge in [0.25, 0.3) is 0 Å². The molecule has 0 radical (unpaired) electrons. The second kappa shape index (κ2) is 10.9. The molecule has 9 nitrogen and oxygen atoms in total. The summed E-state index contributed by atoms with van der Waals surface area (Å²) in [6.07, 6.45) is 5.51. The van der Waals surface area contributed by atoms with E-state index in [0.717, 1.165) is 56.7 Å². The lowest BCUT2D eigenvalue weighted by Crippen LogP contribution is -2.37. The number of hydrogen-bond acceptors (Lipinski definition) is 8. The van der Waals surface area contributed by atoms with Crippen molar-refractivity contribution in [3.05, 3.63) is 35.5 Å². The first-order valence-corrected chi connectivity index (χ1v) is 12.8. The van der Waals surface area contributed by atoms with Crippen LogP contribution < -0.4 is 20.0 Å². The predicted molar refractivity (Wildman–Crippen MR) is 130 cm³/mol. The molecule has 4 rings (SSSR count). The van der Waals surface area contributed by atoms with E-state index in [-0.39, 0.29) is 18.3 Å². The first kappa shape index (κ1) is 23.4. The molecule has 1 saturated heterocycles. The Kier molecular flexibility index (Phi) is 7.77. The molecular formula is C23H31N6O3S-. The molecule has 1 aromatic carbocycles. The summed E-state index contributed by atoms with van der Waals surface area (Å²) in [5.41, 5.74) is 2.68. The highest BCUT2D eigenvalue weighted by atomic mass is 32.2. The topological polar surface area (TPSA) is 126 Å². The first-order valence-electron chi connectivity index (χ1n) is 11.5. The number of fused-ring (bicyclic) bond motifs is 6. The Balaban J connectivity index is 1.75. The van der Waals surface area contributed by atoms with E-state index in [0.29, 0.717) is 28.9 Å². The van der Waals surface area contributed by atoms with Crippen LogP contribution in [-0.2, 0) is 11.0 Å². The van der Waals surface area contributed by atoms with Gasteiger partial charge < -0.3 is 25.2 Å². The van der Waals surface area contributed by atoms with E-state index in [4.69, 9.17) is 5.11 Å². The Morgan fingerprint density at radius 3 is 2.94 bits per heavy atom. The molecule has 1 aromatic heterocycles. The molecule has 10 heteroatoms. The lowest BCUT2D eigenvalue weighted by Gasteiger charge is -2.36. The normalized spacial score (nSPS) is 19.9. The van der Waals surface area contributed by atoms with Gasteiger partial charge >= 0.3 is 0 Å². The Hall–Kier alpha value is -2.72. The first-order chi connectivity index (χ1) is 16.0. The molecule has 178 valence electrons. The summed E-state index contributed by atoms with van der Waals surface area (Å²) in [6, 6.07) is 7.03. The maximum atomic E-state index is 13.3. The van der Waals surface area contributed by atoms with Crippen LogP contribution in [0.25, 0.3) is 0 Å². The van der Waals surface area contributed by atoms with E-state index in [1.54, 1.807) is 18.2 Å². The molecule has 2 aromatic rings. The van der Waals surface area contributed by atoms with Crippen molar-refractivity contribution in [2.75, 3.05) is 46.9 Å². The number of aryl methyl sites for hydroxylation is 1. The van der Waals surface area contributed by atoms with Gasteiger partial charge in [-0.3, -0.25) is 0 Å². The quantitative estimate of drug-likeness (QED) is 0.623. The number of rotatable bonds is 4. The Morgan fingerprint density at radius 2 is 2.09 bits per heavy atom. The lowest BCUT2D eigenvalue weighted by atomic mass is 9.92. The molecular weight excluding hydrogens is 440 g/mol. The van der Waals surface area contributed by atoms with E-state index >= 15 is 0 Å². The standard InChI is InChI=1S/C23H32N6O3S/c1-16-13-21-26-22(31)19-8-7-18(28-33(32)12-11-30)14-20(19)29-10-4-6-17(15-29)5-2-3-9-24-23(25-16)27-21/h7-8,13-14,17,28,30H,2-6,9-12,15H2,1H3,(H2,24,25,26,27,31)/p-1. The van der Waals surface area contributed by atoms with Gasteiger partial charge in [-0.05, 0) is 62.6 Å². The van der Waals surface area contributed by atoms with Crippen LogP contribution >= 0.6 is 0 Å². The van der Waals surface area contributed by atoms with Crippen molar-refractivity contribution in [3.8, 4) is 0 Å². The van der Waals surface area contributed by atoms with E-state index in [1.165, 1.54) is 6.42 Å². The van der Waals surface area contributed by atoms with Gasteiger partial charge in [-0.15, -0.1) is 0 Å². The van der Waals surface area contributed by atoms with E-state index in [2.05, 4.69) is 29.9 Å². The molecule has 0 aliphatic carbocycles. The van der Waals surface area contributed by atoms with Gasteiger partial charge in [0.2, 0.25) is 5.95 Å². The van der Waals surface area contributed by atoms with Crippen LogP contribution in [-0.4, -0.2) is 57.2 Å². The van der Waals surface area contributed by atoms with Crippen molar-refractivity contribution in [1.82, 2.24) is 9.97 Å². The fourth-order valence-corrected chi connectivity index (χ4v) is 5.09. The van der Waals surface area contributed by atoms with Gasteiger partial charge in [-0.2, -0.15) is 4.98 Å². The number of nitrogens with one attached hydrogen (secondary N) is 2. The summed E-state index contributed by atoms with van der Waals surface area (Å²) in [5, 5.41) is 25.6. The van der Waals surface area contributed by atoms with Crippen molar-refractivity contribution in [1.29, 1.82) is 0 Å². The second-order valence-electron chi connectivity index (χ2n) is 8.59. The number of aromatic nitrogens is 2. The van der Waals surface area contributed by atoms with Gasteiger partial charge in [0.15, 0.2) is 5.82 Å². The van der Waals surface area contributed by atoms with Crippen molar-refractivity contribution in [3.63, 3.8) is 0 Å². The van der Waals surface area contributed by atoms with Crippen LogP contribution in [0.1, 0.15) is 43.4 Å². The third-order valence-electron chi connectivity index (χ3n) is 5.98. The molecule has 2 aliphatic heterocycles. The van der Waals surface area contributed by atoms with Gasteiger partial charge in [0, 0.05) is 48.3 Å². The Bertz CT molecular complexity index is 1030.